The van der Waals surface area contributed by atoms with Crippen LogP contribution in [0.4, 0.5) is 0 Å². The predicted molar refractivity (Wildman–Crippen MR) is 76.3 cm³/mol. The molecule has 6 nitrogen and oxygen atoms in total. The van der Waals surface area contributed by atoms with Crippen LogP contribution in [-0.4, -0.2) is 41.8 Å². The van der Waals surface area contributed by atoms with Crippen LogP contribution < -0.4 is 10.2 Å². The summed E-state index contributed by atoms with van der Waals surface area (Å²) >= 11 is 0. The average molecular weight is 287 g/mol. The van der Waals surface area contributed by atoms with Crippen molar-refractivity contribution in [3.8, 4) is 5.75 Å². The zero-order valence-electron chi connectivity index (χ0n) is 11.8. The zero-order chi connectivity index (χ0) is 14.8. The first kappa shape index (κ1) is 13.6. The summed E-state index contributed by atoms with van der Waals surface area (Å²) in [7, 11) is 1.58. The summed E-state index contributed by atoms with van der Waals surface area (Å²) in [4.78, 5) is 25.0. The lowest BCUT2D eigenvalue weighted by Crippen LogP contribution is -2.47. The Morgan fingerprint density at radius 3 is 3.05 bits per heavy atom. The van der Waals surface area contributed by atoms with Crippen LogP contribution in [-0.2, 0) is 11.3 Å². The van der Waals surface area contributed by atoms with Crippen molar-refractivity contribution in [3.63, 3.8) is 0 Å². The van der Waals surface area contributed by atoms with Gasteiger partial charge in [-0.15, -0.1) is 0 Å². The number of benzene rings is 1. The molecule has 2 heterocycles. The Balaban J connectivity index is 1.84. The van der Waals surface area contributed by atoms with Crippen molar-refractivity contribution >= 4 is 12.2 Å². The smallest absolute Gasteiger partial charge is 0.251 e. The lowest BCUT2D eigenvalue weighted by Gasteiger charge is -2.32. The molecule has 0 spiro atoms. The van der Waals surface area contributed by atoms with Crippen LogP contribution in [0.1, 0.15) is 22.3 Å². The number of ether oxygens (including phenoxy) is 1. The highest BCUT2D eigenvalue weighted by atomic mass is 16.5. The van der Waals surface area contributed by atoms with Crippen molar-refractivity contribution in [1.82, 2.24) is 15.3 Å². The third-order valence-electron chi connectivity index (χ3n) is 3.80. The Kier molecular flexibility index (Phi) is 3.62. The average Bonchev–Trinajstić information content (AvgIpc) is 2.99. The number of hydrazine groups is 1. The van der Waals surface area contributed by atoms with E-state index >= 15 is 0 Å². The summed E-state index contributed by atoms with van der Waals surface area (Å²) in [5.74, 6) is 0.731. The first-order chi connectivity index (χ1) is 10.2. The summed E-state index contributed by atoms with van der Waals surface area (Å²) in [6.45, 7) is 1.20. The van der Waals surface area contributed by atoms with Gasteiger partial charge in [0, 0.05) is 30.1 Å². The highest BCUT2D eigenvalue weighted by Gasteiger charge is 2.34. The van der Waals surface area contributed by atoms with Gasteiger partial charge >= 0.3 is 0 Å². The van der Waals surface area contributed by atoms with E-state index in [2.05, 4.69) is 5.43 Å². The van der Waals surface area contributed by atoms with Gasteiger partial charge < -0.3 is 14.6 Å². The van der Waals surface area contributed by atoms with E-state index in [-0.39, 0.29) is 11.9 Å². The molecule has 1 saturated heterocycles. The van der Waals surface area contributed by atoms with Gasteiger partial charge in [-0.3, -0.25) is 9.59 Å². The maximum absolute atomic E-state index is 12.4. The molecule has 6 heteroatoms. The minimum absolute atomic E-state index is 0.0565. The molecule has 0 radical (unpaired) electrons. The molecular formula is C15H17N3O3. The quantitative estimate of drug-likeness (QED) is 0.834. The molecule has 1 aromatic rings. The summed E-state index contributed by atoms with van der Waals surface area (Å²) in [5.41, 5.74) is 4.53. The lowest BCUT2D eigenvalue weighted by atomic mass is 10.1. The van der Waals surface area contributed by atoms with Crippen LogP contribution in [0.15, 0.2) is 30.6 Å². The molecule has 1 N–H and O–H groups in total. The molecule has 0 saturated carbocycles. The molecule has 1 fully saturated rings. The monoisotopic (exact) mass is 287 g/mol. The number of methoxy groups -OCH3 is 1. The molecule has 1 unspecified atom stereocenters. The Morgan fingerprint density at radius 2 is 2.29 bits per heavy atom. The van der Waals surface area contributed by atoms with E-state index in [0.29, 0.717) is 17.9 Å². The zero-order valence-corrected chi connectivity index (χ0v) is 11.8. The molecule has 1 atom stereocenters. The maximum Gasteiger partial charge on any atom is 0.251 e. The van der Waals surface area contributed by atoms with E-state index < -0.39 is 0 Å². The van der Waals surface area contributed by atoms with Crippen LogP contribution in [0, 0.1) is 0 Å². The summed E-state index contributed by atoms with van der Waals surface area (Å²) < 4.78 is 5.31. The fraction of sp³-hybridized carbons (Fsp3) is 0.333. The van der Waals surface area contributed by atoms with E-state index in [1.165, 1.54) is 0 Å². The number of carbonyl (C=O) groups is 2. The number of nitrogens with one attached hydrogen (secondary N) is 1. The van der Waals surface area contributed by atoms with Gasteiger partial charge in [-0.25, -0.2) is 5.43 Å². The first-order valence-electron chi connectivity index (χ1n) is 6.85. The van der Waals surface area contributed by atoms with E-state index in [1.54, 1.807) is 36.4 Å². The van der Waals surface area contributed by atoms with E-state index in [9.17, 15) is 9.59 Å². The van der Waals surface area contributed by atoms with Gasteiger partial charge in [0.05, 0.1) is 13.7 Å². The van der Waals surface area contributed by atoms with Gasteiger partial charge in [0.2, 0.25) is 0 Å². The van der Waals surface area contributed by atoms with E-state index in [4.69, 9.17) is 4.74 Å². The molecule has 21 heavy (non-hydrogen) atoms. The summed E-state index contributed by atoms with van der Waals surface area (Å²) in [6.07, 6.45) is 5.21. The molecule has 1 amide bonds. The predicted octanol–water partition coefficient (Wildman–Crippen LogP) is 0.900. The Morgan fingerprint density at radius 1 is 1.43 bits per heavy atom. The molecule has 1 aromatic carbocycles. The summed E-state index contributed by atoms with van der Waals surface area (Å²) in [6, 6.07) is 5.06. The van der Waals surface area contributed by atoms with Crippen molar-refractivity contribution in [3.05, 3.63) is 41.7 Å². The standard InChI is InChI=1S/C15H17N3O3/c1-21-14-3-2-11(10-19)8-12(14)9-17-6-7-18-13(15(17)20)4-5-16-18/h2-3,6-8,10,13,16H,4-5,9H2,1H3. The third-order valence-corrected chi connectivity index (χ3v) is 3.80. The number of carbonyl (C=O) groups excluding carboxylic acids is 2. The second-order valence-electron chi connectivity index (χ2n) is 5.07. The van der Waals surface area contributed by atoms with Gasteiger partial charge in [0.25, 0.3) is 5.91 Å². The van der Waals surface area contributed by atoms with Crippen LogP contribution in [0.2, 0.25) is 0 Å². The van der Waals surface area contributed by atoms with Crippen LogP contribution in [0.5, 0.6) is 5.75 Å². The SMILES string of the molecule is COc1ccc(C=O)cc1CN1C=CN2NCCC2C1=O. The number of aldehydes is 1. The van der Waals surface area contributed by atoms with E-state index in [1.807, 2.05) is 11.2 Å². The Hall–Kier alpha value is -2.34. The van der Waals surface area contributed by atoms with E-state index in [0.717, 1.165) is 24.8 Å². The molecule has 0 aliphatic carbocycles. The van der Waals surface area contributed by atoms with Crippen molar-refractivity contribution in [2.24, 2.45) is 0 Å². The number of nitrogens with zero attached hydrogens (tertiary/aromatic N) is 2. The van der Waals surface area contributed by atoms with Gasteiger partial charge in [0.1, 0.15) is 18.1 Å². The fourth-order valence-electron chi connectivity index (χ4n) is 2.71. The van der Waals surface area contributed by atoms with Crippen LogP contribution >= 0.6 is 0 Å². The molecule has 2 aliphatic heterocycles. The normalized spacial score (nSPS) is 20.6. The fourth-order valence-corrected chi connectivity index (χ4v) is 2.71. The second kappa shape index (κ2) is 5.57. The highest BCUT2D eigenvalue weighted by Crippen LogP contribution is 2.24. The number of amides is 1. The largest absolute Gasteiger partial charge is 0.496 e. The molecule has 0 bridgehead atoms. The van der Waals surface area contributed by atoms with Gasteiger partial charge in [-0.1, -0.05) is 0 Å². The minimum atomic E-state index is -0.143. The molecule has 2 aliphatic rings. The van der Waals surface area contributed by atoms with Gasteiger partial charge in [0.15, 0.2) is 0 Å². The molecule has 3 rings (SSSR count). The van der Waals surface area contributed by atoms with Gasteiger partial charge in [-0.2, -0.15) is 0 Å². The van der Waals surface area contributed by atoms with Crippen LogP contribution in [0.3, 0.4) is 0 Å². The first-order valence-corrected chi connectivity index (χ1v) is 6.85. The number of hydrogen-bond acceptors (Lipinski definition) is 5. The highest BCUT2D eigenvalue weighted by molar-refractivity contribution is 5.84. The van der Waals surface area contributed by atoms with Crippen molar-refractivity contribution < 1.29 is 14.3 Å². The minimum Gasteiger partial charge on any atom is -0.496 e. The number of hydrogen-bond donors (Lipinski definition) is 1. The third kappa shape index (κ3) is 2.50. The van der Waals surface area contributed by atoms with Gasteiger partial charge in [-0.05, 0) is 24.6 Å². The Labute approximate surface area is 122 Å². The van der Waals surface area contributed by atoms with Crippen molar-refractivity contribution in [1.29, 1.82) is 0 Å². The van der Waals surface area contributed by atoms with Crippen LogP contribution in [0.25, 0.3) is 0 Å². The maximum atomic E-state index is 12.4. The topological polar surface area (TPSA) is 61.9 Å². The summed E-state index contributed by atoms with van der Waals surface area (Å²) in [5, 5.41) is 1.85. The van der Waals surface area contributed by atoms with Crippen molar-refractivity contribution in [2.75, 3.05) is 13.7 Å². The van der Waals surface area contributed by atoms with Crippen molar-refractivity contribution in [2.45, 2.75) is 19.0 Å². The molecular weight excluding hydrogens is 270 g/mol. The lowest BCUT2D eigenvalue weighted by molar-refractivity contribution is -0.134. The number of rotatable bonds is 4. The molecule has 110 valence electrons. The second-order valence-corrected chi connectivity index (χ2v) is 5.07. The Bertz CT molecular complexity index is 600. The number of fused-ring (bicyclic) bond motifs is 1. The molecule has 0 aromatic heterocycles.